The van der Waals surface area contributed by atoms with Crippen molar-refractivity contribution in [3.63, 3.8) is 0 Å². The fourth-order valence-corrected chi connectivity index (χ4v) is 4.04. The Bertz CT molecular complexity index is 1310. The molecule has 1 unspecified atom stereocenters. The first-order valence-corrected chi connectivity index (χ1v) is 10.5. The van der Waals surface area contributed by atoms with E-state index in [0.29, 0.717) is 22.5 Å². The van der Waals surface area contributed by atoms with Gasteiger partial charge in [0.05, 0.1) is 12.3 Å². The van der Waals surface area contributed by atoms with Crippen molar-refractivity contribution >= 4 is 46.2 Å². The fourth-order valence-electron chi connectivity index (χ4n) is 3.51. The van der Waals surface area contributed by atoms with Crippen molar-refractivity contribution in [3.8, 4) is 0 Å². The summed E-state index contributed by atoms with van der Waals surface area (Å²) in [5, 5.41) is 6.49. The van der Waals surface area contributed by atoms with Gasteiger partial charge in [-0.15, -0.1) is 0 Å². The minimum absolute atomic E-state index is 0.0392. The summed E-state index contributed by atoms with van der Waals surface area (Å²) in [4.78, 5) is 20.8. The Morgan fingerprint density at radius 3 is 2.35 bits per heavy atom. The first-order chi connectivity index (χ1) is 16.1. The van der Waals surface area contributed by atoms with E-state index in [9.17, 15) is 18.0 Å². The van der Waals surface area contributed by atoms with E-state index < -0.39 is 24.1 Å². The van der Waals surface area contributed by atoms with Crippen LogP contribution in [0, 0.1) is 6.57 Å². The molecule has 0 saturated heterocycles. The van der Waals surface area contributed by atoms with E-state index in [1.165, 1.54) is 36.4 Å². The molecular formula is C24H14Cl2F3N3O2. The van der Waals surface area contributed by atoms with Crippen LogP contribution in [0.2, 0.25) is 10.0 Å². The Morgan fingerprint density at radius 1 is 1.06 bits per heavy atom. The Kier molecular flexibility index (Phi) is 6.26. The van der Waals surface area contributed by atoms with Crippen LogP contribution in [0.5, 0.6) is 0 Å². The predicted octanol–water partition coefficient (Wildman–Crippen LogP) is 7.38. The smallest absolute Gasteiger partial charge is 0.374 e. The Morgan fingerprint density at radius 2 is 1.74 bits per heavy atom. The van der Waals surface area contributed by atoms with Gasteiger partial charge in [-0.3, -0.25) is 4.79 Å². The van der Waals surface area contributed by atoms with E-state index in [4.69, 9.17) is 34.6 Å². The van der Waals surface area contributed by atoms with Crippen molar-refractivity contribution in [3.05, 3.63) is 105 Å². The number of hydrogen-bond acceptors (Lipinski definition) is 3. The van der Waals surface area contributed by atoms with Crippen LogP contribution in [0.25, 0.3) is 4.85 Å². The third-order valence-corrected chi connectivity index (χ3v) is 5.66. The monoisotopic (exact) mass is 503 g/mol. The first kappa shape index (κ1) is 23.6. The highest BCUT2D eigenvalue weighted by atomic mass is 35.5. The summed E-state index contributed by atoms with van der Waals surface area (Å²) in [7, 11) is 0. The summed E-state index contributed by atoms with van der Waals surface area (Å²) in [6.07, 6.45) is -5.42. The second-order valence-corrected chi connectivity index (χ2v) is 8.36. The maximum Gasteiger partial charge on any atom is 0.435 e. The number of anilines is 1. The molecule has 5 nitrogen and oxygen atoms in total. The van der Waals surface area contributed by atoms with Crippen molar-refractivity contribution in [1.82, 2.24) is 0 Å². The number of oxime groups is 1. The number of carbonyl (C=O) groups excluding carboxylic acids is 1. The van der Waals surface area contributed by atoms with E-state index in [2.05, 4.69) is 15.3 Å². The zero-order chi connectivity index (χ0) is 24.5. The lowest BCUT2D eigenvalue weighted by molar-refractivity contribution is -0.275. The molecule has 1 aliphatic rings. The van der Waals surface area contributed by atoms with Crippen LogP contribution in [0.15, 0.2) is 71.9 Å². The Balaban J connectivity index is 1.59. The van der Waals surface area contributed by atoms with Crippen LogP contribution in [-0.2, 0) is 10.4 Å². The first-order valence-electron chi connectivity index (χ1n) is 9.79. The summed E-state index contributed by atoms with van der Waals surface area (Å²) in [6.45, 7) is 6.97. The lowest BCUT2D eigenvalue weighted by Crippen LogP contribution is -2.42. The molecule has 0 fully saturated rings. The normalized spacial score (nSPS) is 17.5. The topological polar surface area (TPSA) is 55.0 Å². The average molecular weight is 504 g/mol. The molecule has 1 atom stereocenters. The highest BCUT2D eigenvalue weighted by Crippen LogP contribution is 2.49. The molecule has 1 amide bonds. The van der Waals surface area contributed by atoms with Gasteiger partial charge in [0.15, 0.2) is 5.69 Å². The van der Waals surface area contributed by atoms with Gasteiger partial charge >= 0.3 is 6.18 Å². The number of nitrogens with zero attached hydrogens (tertiary/aromatic N) is 2. The highest BCUT2D eigenvalue weighted by molar-refractivity contribution is 6.34. The minimum atomic E-state index is -4.81. The number of carbonyl (C=O) groups is 1. The van der Waals surface area contributed by atoms with Crippen LogP contribution >= 0.6 is 23.2 Å². The number of nitrogens with one attached hydrogen (secondary N) is 1. The third-order valence-electron chi connectivity index (χ3n) is 5.23. The molecule has 1 heterocycles. The third kappa shape index (κ3) is 4.58. The lowest BCUT2D eigenvalue weighted by Gasteiger charge is -2.29. The predicted molar refractivity (Wildman–Crippen MR) is 124 cm³/mol. The molecule has 10 heteroatoms. The zero-order valence-electron chi connectivity index (χ0n) is 17.2. The highest BCUT2D eigenvalue weighted by Gasteiger charge is 2.62. The SMILES string of the molecule is [C-]#[N+]c1ccc(C(=O)Nc2cccc(C3=NOC(c4cc(Cl)cc(Cl)c4)(C(F)(F)F)C3)c2)cc1. The van der Waals surface area contributed by atoms with Crippen LogP contribution in [0.3, 0.4) is 0 Å². The number of alkyl halides is 3. The summed E-state index contributed by atoms with van der Waals surface area (Å²) in [6, 6.07) is 15.9. The van der Waals surface area contributed by atoms with Gasteiger partial charge in [-0.25, -0.2) is 4.85 Å². The maximum atomic E-state index is 14.2. The molecule has 34 heavy (non-hydrogen) atoms. The second-order valence-electron chi connectivity index (χ2n) is 7.48. The van der Waals surface area contributed by atoms with Crippen LogP contribution < -0.4 is 5.32 Å². The van der Waals surface area contributed by atoms with Crippen molar-refractivity contribution < 1.29 is 22.8 Å². The van der Waals surface area contributed by atoms with Gasteiger partial charge in [0.2, 0.25) is 0 Å². The number of amides is 1. The Hall–Kier alpha value is -3.54. The number of halogens is 5. The standard InChI is InChI=1S/C24H14Cl2F3N3O2/c1-30-19-7-5-14(6-8-19)22(33)31-20-4-2-3-15(9-20)21-13-23(34-32-21,24(27,28)29)16-10-17(25)12-18(26)11-16/h2-12H,13H2,(H,31,33). The number of benzene rings is 3. The molecule has 3 aromatic rings. The lowest BCUT2D eigenvalue weighted by atomic mass is 9.86. The van der Waals surface area contributed by atoms with Crippen molar-refractivity contribution in [2.75, 3.05) is 5.32 Å². The van der Waals surface area contributed by atoms with Crippen LogP contribution in [0.4, 0.5) is 24.5 Å². The molecule has 0 aromatic heterocycles. The largest absolute Gasteiger partial charge is 0.435 e. The van der Waals surface area contributed by atoms with Crippen molar-refractivity contribution in [1.29, 1.82) is 0 Å². The summed E-state index contributed by atoms with van der Waals surface area (Å²) < 4.78 is 42.6. The molecule has 0 radical (unpaired) electrons. The molecule has 3 aromatic carbocycles. The van der Waals surface area contributed by atoms with Gasteiger partial charge < -0.3 is 10.2 Å². The fraction of sp³-hybridized carbons (Fsp3) is 0.125. The van der Waals surface area contributed by atoms with Crippen LogP contribution in [-0.4, -0.2) is 17.8 Å². The van der Waals surface area contributed by atoms with E-state index in [-0.39, 0.29) is 21.3 Å². The molecule has 0 spiro atoms. The van der Waals surface area contributed by atoms with Gasteiger partial charge in [-0.2, -0.15) is 13.2 Å². The number of hydrogen-bond donors (Lipinski definition) is 1. The van der Waals surface area contributed by atoms with Crippen LogP contribution in [0.1, 0.15) is 27.9 Å². The molecule has 172 valence electrons. The van der Waals surface area contributed by atoms with E-state index in [1.54, 1.807) is 18.2 Å². The van der Waals surface area contributed by atoms with E-state index in [1.807, 2.05) is 0 Å². The summed E-state index contributed by atoms with van der Waals surface area (Å²) in [5.41, 5.74) is -1.54. The molecule has 0 bridgehead atoms. The molecule has 0 saturated carbocycles. The summed E-state index contributed by atoms with van der Waals surface area (Å²) >= 11 is 11.9. The zero-order valence-corrected chi connectivity index (χ0v) is 18.7. The van der Waals surface area contributed by atoms with Crippen molar-refractivity contribution in [2.24, 2.45) is 5.16 Å². The maximum absolute atomic E-state index is 14.2. The average Bonchev–Trinajstić information content (AvgIpc) is 3.26. The van der Waals surface area contributed by atoms with Crippen molar-refractivity contribution in [2.45, 2.75) is 18.2 Å². The van der Waals surface area contributed by atoms with E-state index in [0.717, 1.165) is 12.1 Å². The van der Waals surface area contributed by atoms with Gasteiger partial charge in [-0.1, -0.05) is 64.8 Å². The summed E-state index contributed by atoms with van der Waals surface area (Å²) in [5.74, 6) is -0.434. The Labute approximate surface area is 202 Å². The minimum Gasteiger partial charge on any atom is -0.374 e. The molecular weight excluding hydrogens is 490 g/mol. The van der Waals surface area contributed by atoms with Gasteiger partial charge in [-0.05, 0) is 30.3 Å². The second kappa shape index (κ2) is 9.01. The molecule has 0 aliphatic carbocycles. The molecule has 4 rings (SSSR count). The van der Waals surface area contributed by atoms with E-state index >= 15 is 0 Å². The van der Waals surface area contributed by atoms with Gasteiger partial charge in [0, 0.05) is 38.8 Å². The van der Waals surface area contributed by atoms with Gasteiger partial charge in [0.25, 0.3) is 11.5 Å². The number of rotatable bonds is 4. The molecule has 1 aliphatic heterocycles. The molecule has 1 N–H and O–H groups in total. The van der Waals surface area contributed by atoms with Gasteiger partial charge in [0.1, 0.15) is 0 Å². The quantitative estimate of drug-likeness (QED) is 0.377.